The third kappa shape index (κ3) is 3.46. The second-order valence-electron chi connectivity index (χ2n) is 4.77. The van der Waals surface area contributed by atoms with E-state index in [1.807, 2.05) is 13.8 Å². The molecule has 21 heavy (non-hydrogen) atoms. The van der Waals surface area contributed by atoms with E-state index in [4.69, 9.17) is 17.3 Å². The third-order valence-electron chi connectivity index (χ3n) is 2.74. The number of rotatable bonds is 3. The predicted octanol–water partition coefficient (Wildman–Crippen LogP) is 3.23. The van der Waals surface area contributed by atoms with E-state index in [1.54, 1.807) is 0 Å². The zero-order chi connectivity index (χ0) is 15.6. The maximum Gasteiger partial charge on any atom is 0.276 e. The second kappa shape index (κ2) is 6.05. The van der Waals surface area contributed by atoms with Gasteiger partial charge in [-0.25, -0.2) is 14.4 Å². The van der Waals surface area contributed by atoms with Gasteiger partial charge < -0.3 is 11.1 Å². The summed E-state index contributed by atoms with van der Waals surface area (Å²) in [7, 11) is 0. The molecule has 0 saturated heterocycles. The summed E-state index contributed by atoms with van der Waals surface area (Å²) in [4.78, 5) is 20.4. The Morgan fingerprint density at radius 3 is 2.76 bits per heavy atom. The fourth-order valence-electron chi connectivity index (χ4n) is 1.63. The quantitative estimate of drug-likeness (QED) is 0.912. The first kappa shape index (κ1) is 15.2. The number of nitrogens with zero attached hydrogens (tertiary/aromatic N) is 2. The smallest absolute Gasteiger partial charge is 0.276 e. The molecule has 1 amide bonds. The number of nitrogens with two attached hydrogens (primary N) is 1. The van der Waals surface area contributed by atoms with Crippen molar-refractivity contribution in [2.45, 2.75) is 19.8 Å². The number of halogens is 2. The lowest BCUT2D eigenvalue weighted by Crippen LogP contribution is -2.18. The molecular formula is C14H14ClFN4O. The van der Waals surface area contributed by atoms with Gasteiger partial charge in [0.1, 0.15) is 11.6 Å². The van der Waals surface area contributed by atoms with Crippen molar-refractivity contribution in [3.63, 3.8) is 0 Å². The molecule has 0 aliphatic carbocycles. The van der Waals surface area contributed by atoms with Crippen LogP contribution in [0.25, 0.3) is 0 Å². The van der Waals surface area contributed by atoms with Crippen LogP contribution in [0.1, 0.15) is 36.1 Å². The van der Waals surface area contributed by atoms with Crippen LogP contribution in [0.5, 0.6) is 0 Å². The van der Waals surface area contributed by atoms with E-state index in [2.05, 4.69) is 15.3 Å². The van der Waals surface area contributed by atoms with E-state index >= 15 is 0 Å². The number of nitrogen functional groups attached to an aromatic ring is 1. The minimum atomic E-state index is -0.618. The summed E-state index contributed by atoms with van der Waals surface area (Å²) >= 11 is 5.59. The number of benzene rings is 1. The van der Waals surface area contributed by atoms with Crippen LogP contribution in [0.2, 0.25) is 5.02 Å². The van der Waals surface area contributed by atoms with Crippen LogP contribution in [0.15, 0.2) is 24.4 Å². The van der Waals surface area contributed by atoms with Gasteiger partial charge in [0, 0.05) is 11.6 Å². The van der Waals surface area contributed by atoms with Crippen LogP contribution in [-0.4, -0.2) is 15.9 Å². The highest BCUT2D eigenvalue weighted by Gasteiger charge is 2.15. The van der Waals surface area contributed by atoms with E-state index < -0.39 is 11.7 Å². The molecule has 0 saturated carbocycles. The molecule has 3 N–H and O–H groups in total. The lowest BCUT2D eigenvalue weighted by molar-refractivity contribution is 0.102. The summed E-state index contributed by atoms with van der Waals surface area (Å²) < 4.78 is 13.3. The highest BCUT2D eigenvalue weighted by atomic mass is 35.5. The SMILES string of the molecule is CC(C)c1ncc(N)c(C(=O)Nc2ccc(Cl)c(F)c2)n1. The molecule has 2 aromatic rings. The molecule has 0 radical (unpaired) electrons. The van der Waals surface area contributed by atoms with Crippen molar-refractivity contribution in [3.05, 3.63) is 46.8 Å². The summed E-state index contributed by atoms with van der Waals surface area (Å²) in [6.45, 7) is 3.81. The Hall–Kier alpha value is -2.21. The van der Waals surface area contributed by atoms with Crippen molar-refractivity contribution in [1.82, 2.24) is 9.97 Å². The Kier molecular flexibility index (Phi) is 4.37. The number of hydrogen-bond acceptors (Lipinski definition) is 4. The van der Waals surface area contributed by atoms with E-state index in [9.17, 15) is 9.18 Å². The normalized spacial score (nSPS) is 10.7. The maximum absolute atomic E-state index is 13.3. The van der Waals surface area contributed by atoms with Crippen LogP contribution in [0.3, 0.4) is 0 Å². The topological polar surface area (TPSA) is 80.9 Å². The van der Waals surface area contributed by atoms with E-state index in [-0.39, 0.29) is 28.0 Å². The zero-order valence-electron chi connectivity index (χ0n) is 11.5. The second-order valence-corrected chi connectivity index (χ2v) is 5.18. The Bertz CT molecular complexity index is 691. The largest absolute Gasteiger partial charge is 0.396 e. The van der Waals surface area contributed by atoms with Crippen LogP contribution < -0.4 is 11.1 Å². The van der Waals surface area contributed by atoms with Gasteiger partial charge in [-0.1, -0.05) is 25.4 Å². The summed E-state index contributed by atoms with van der Waals surface area (Å²) in [6.07, 6.45) is 1.39. The van der Waals surface area contributed by atoms with Crippen LogP contribution in [0, 0.1) is 5.82 Å². The summed E-state index contributed by atoms with van der Waals surface area (Å²) in [5.41, 5.74) is 6.20. The van der Waals surface area contributed by atoms with Crippen molar-refractivity contribution in [1.29, 1.82) is 0 Å². The molecule has 0 atom stereocenters. The van der Waals surface area contributed by atoms with Gasteiger partial charge in [0.15, 0.2) is 5.69 Å². The molecule has 0 spiro atoms. The number of anilines is 2. The Morgan fingerprint density at radius 1 is 1.43 bits per heavy atom. The number of carbonyl (C=O) groups excluding carboxylic acids is 1. The fraction of sp³-hybridized carbons (Fsp3) is 0.214. The van der Waals surface area contributed by atoms with Gasteiger partial charge in [-0.2, -0.15) is 0 Å². The van der Waals surface area contributed by atoms with Gasteiger partial charge in [-0.3, -0.25) is 4.79 Å². The van der Waals surface area contributed by atoms with Crippen molar-refractivity contribution in [3.8, 4) is 0 Å². The van der Waals surface area contributed by atoms with Crippen LogP contribution in [0.4, 0.5) is 15.8 Å². The third-order valence-corrected chi connectivity index (χ3v) is 3.05. The lowest BCUT2D eigenvalue weighted by Gasteiger charge is -2.10. The Labute approximate surface area is 126 Å². The molecule has 7 heteroatoms. The molecule has 0 fully saturated rings. The Morgan fingerprint density at radius 2 is 2.14 bits per heavy atom. The van der Waals surface area contributed by atoms with Crippen molar-refractivity contribution in [2.24, 2.45) is 0 Å². The van der Waals surface area contributed by atoms with Gasteiger partial charge in [-0.15, -0.1) is 0 Å². The predicted molar refractivity (Wildman–Crippen MR) is 79.9 cm³/mol. The molecule has 1 aromatic carbocycles. The minimum Gasteiger partial charge on any atom is -0.396 e. The number of hydrogen-bond donors (Lipinski definition) is 2. The molecule has 0 aliphatic rings. The first-order valence-electron chi connectivity index (χ1n) is 6.27. The van der Waals surface area contributed by atoms with E-state index in [0.717, 1.165) is 6.07 Å². The molecule has 5 nitrogen and oxygen atoms in total. The van der Waals surface area contributed by atoms with Crippen LogP contribution in [-0.2, 0) is 0 Å². The number of aromatic nitrogens is 2. The number of amides is 1. The molecule has 0 bridgehead atoms. The average Bonchev–Trinajstić information content (AvgIpc) is 2.43. The van der Waals surface area contributed by atoms with Gasteiger partial charge in [0.25, 0.3) is 5.91 Å². The van der Waals surface area contributed by atoms with Crippen molar-refractivity contribution < 1.29 is 9.18 Å². The molecule has 0 aliphatic heterocycles. The zero-order valence-corrected chi connectivity index (χ0v) is 12.3. The van der Waals surface area contributed by atoms with Gasteiger partial charge >= 0.3 is 0 Å². The van der Waals surface area contributed by atoms with E-state index in [0.29, 0.717) is 5.82 Å². The Balaban J connectivity index is 2.27. The standard InChI is InChI=1S/C14H14ClFN4O/c1-7(2)13-18-6-11(17)12(20-13)14(21)19-8-3-4-9(15)10(16)5-8/h3-7H,17H2,1-2H3,(H,19,21). The van der Waals surface area contributed by atoms with Crippen molar-refractivity contribution >= 4 is 28.9 Å². The molecular weight excluding hydrogens is 295 g/mol. The molecule has 110 valence electrons. The molecule has 2 rings (SSSR count). The number of nitrogens with one attached hydrogen (secondary N) is 1. The van der Waals surface area contributed by atoms with Gasteiger partial charge in [0.2, 0.25) is 0 Å². The lowest BCUT2D eigenvalue weighted by atomic mass is 10.2. The molecule has 1 heterocycles. The summed E-state index contributed by atoms with van der Waals surface area (Å²) in [5, 5.41) is 2.51. The van der Waals surface area contributed by atoms with E-state index in [1.165, 1.54) is 18.3 Å². The molecule has 0 unspecified atom stereocenters. The molecule has 1 aromatic heterocycles. The van der Waals surface area contributed by atoms with Gasteiger partial charge in [0.05, 0.1) is 16.9 Å². The highest BCUT2D eigenvalue weighted by Crippen LogP contribution is 2.20. The highest BCUT2D eigenvalue weighted by molar-refractivity contribution is 6.30. The minimum absolute atomic E-state index is 0.0170. The maximum atomic E-state index is 13.3. The van der Waals surface area contributed by atoms with Crippen molar-refractivity contribution in [2.75, 3.05) is 11.1 Å². The first-order chi connectivity index (χ1) is 9.88. The average molecular weight is 309 g/mol. The monoisotopic (exact) mass is 308 g/mol. The van der Waals surface area contributed by atoms with Crippen LogP contribution >= 0.6 is 11.6 Å². The summed E-state index contributed by atoms with van der Waals surface area (Å²) in [6, 6.07) is 3.97. The first-order valence-corrected chi connectivity index (χ1v) is 6.65. The van der Waals surface area contributed by atoms with Gasteiger partial charge in [-0.05, 0) is 18.2 Å². The number of carbonyl (C=O) groups is 1. The fourth-order valence-corrected chi connectivity index (χ4v) is 1.75. The summed E-state index contributed by atoms with van der Waals surface area (Å²) in [5.74, 6) is -0.576.